The monoisotopic (exact) mass is 274 g/mol. The predicted molar refractivity (Wildman–Crippen MR) is 77.3 cm³/mol. The second-order valence-electron chi connectivity index (χ2n) is 4.39. The molecular formula is C14H18N4O2. The first-order valence-corrected chi connectivity index (χ1v) is 6.45. The van der Waals surface area contributed by atoms with E-state index in [9.17, 15) is 4.79 Å². The number of hydrogen-bond acceptors (Lipinski definition) is 5. The fourth-order valence-corrected chi connectivity index (χ4v) is 1.93. The summed E-state index contributed by atoms with van der Waals surface area (Å²) in [5.74, 6) is 0.789. The maximum Gasteiger partial charge on any atom is 0.299 e. The highest BCUT2D eigenvalue weighted by molar-refractivity contribution is 5.37. The number of ether oxygens (including phenoxy) is 1. The minimum absolute atomic E-state index is 0.129. The van der Waals surface area contributed by atoms with Gasteiger partial charge in [0.15, 0.2) is 0 Å². The van der Waals surface area contributed by atoms with Crippen LogP contribution in [0.2, 0.25) is 0 Å². The molecule has 0 aliphatic rings. The van der Waals surface area contributed by atoms with Gasteiger partial charge in [-0.15, -0.1) is 0 Å². The van der Waals surface area contributed by atoms with Crippen LogP contribution in [0, 0.1) is 6.92 Å². The summed E-state index contributed by atoms with van der Waals surface area (Å²) in [5, 5.41) is 3.14. The smallest absolute Gasteiger partial charge is 0.299 e. The molecule has 0 fully saturated rings. The molecule has 2 aromatic rings. The van der Waals surface area contributed by atoms with E-state index in [1.54, 1.807) is 13.1 Å². The van der Waals surface area contributed by atoms with E-state index in [4.69, 9.17) is 4.74 Å². The summed E-state index contributed by atoms with van der Waals surface area (Å²) in [6, 6.07) is 5.59. The van der Waals surface area contributed by atoms with Crippen LogP contribution in [0.1, 0.15) is 18.2 Å². The molecule has 106 valence electrons. The zero-order chi connectivity index (χ0) is 14.5. The SMILES string of the molecule is CCNc1cc(Cn2c(OC)nc(C)cc2=O)ccn1. The van der Waals surface area contributed by atoms with Crippen molar-refractivity contribution >= 4 is 5.82 Å². The number of pyridine rings is 1. The minimum Gasteiger partial charge on any atom is -0.468 e. The minimum atomic E-state index is -0.129. The molecule has 2 rings (SSSR count). The van der Waals surface area contributed by atoms with E-state index in [-0.39, 0.29) is 5.56 Å². The molecule has 0 spiro atoms. The lowest BCUT2D eigenvalue weighted by molar-refractivity contribution is 0.350. The van der Waals surface area contributed by atoms with E-state index < -0.39 is 0 Å². The molecule has 2 aromatic heterocycles. The quantitative estimate of drug-likeness (QED) is 0.893. The van der Waals surface area contributed by atoms with Gasteiger partial charge in [0, 0.05) is 24.5 Å². The molecule has 0 amide bonds. The standard InChI is InChI=1S/C14H18N4O2/c1-4-15-12-8-11(5-6-16-12)9-18-13(19)7-10(2)17-14(18)20-3/h5-8H,4,9H2,1-3H3,(H,15,16). The highest BCUT2D eigenvalue weighted by Gasteiger charge is 2.08. The fourth-order valence-electron chi connectivity index (χ4n) is 1.93. The topological polar surface area (TPSA) is 69.0 Å². The van der Waals surface area contributed by atoms with E-state index in [0.717, 1.165) is 17.9 Å². The molecule has 0 aliphatic carbocycles. The molecule has 0 atom stereocenters. The van der Waals surface area contributed by atoms with Crippen LogP contribution in [0.25, 0.3) is 0 Å². The van der Waals surface area contributed by atoms with E-state index in [2.05, 4.69) is 15.3 Å². The first-order chi connectivity index (χ1) is 9.63. The molecule has 1 N–H and O–H groups in total. The van der Waals surface area contributed by atoms with Crippen molar-refractivity contribution in [1.29, 1.82) is 0 Å². The molecular weight excluding hydrogens is 256 g/mol. The molecule has 0 unspecified atom stereocenters. The lowest BCUT2D eigenvalue weighted by Crippen LogP contribution is -2.23. The highest BCUT2D eigenvalue weighted by Crippen LogP contribution is 2.11. The van der Waals surface area contributed by atoms with Gasteiger partial charge in [-0.05, 0) is 31.5 Å². The average Bonchev–Trinajstić information content (AvgIpc) is 2.42. The number of methoxy groups -OCH3 is 1. The number of anilines is 1. The van der Waals surface area contributed by atoms with Gasteiger partial charge < -0.3 is 10.1 Å². The number of nitrogens with one attached hydrogen (secondary N) is 1. The van der Waals surface area contributed by atoms with E-state index in [0.29, 0.717) is 18.2 Å². The van der Waals surface area contributed by atoms with E-state index in [1.165, 1.54) is 17.7 Å². The second-order valence-corrected chi connectivity index (χ2v) is 4.39. The van der Waals surface area contributed by atoms with Crippen LogP contribution in [0.3, 0.4) is 0 Å². The normalized spacial score (nSPS) is 10.3. The van der Waals surface area contributed by atoms with Gasteiger partial charge >= 0.3 is 0 Å². The van der Waals surface area contributed by atoms with Crippen LogP contribution >= 0.6 is 0 Å². The van der Waals surface area contributed by atoms with E-state index in [1.807, 2.05) is 19.1 Å². The molecule has 0 bridgehead atoms. The van der Waals surface area contributed by atoms with Gasteiger partial charge in [0.2, 0.25) is 0 Å². The van der Waals surface area contributed by atoms with Gasteiger partial charge in [-0.1, -0.05) is 0 Å². The average molecular weight is 274 g/mol. The Morgan fingerprint density at radius 3 is 2.90 bits per heavy atom. The molecule has 0 aliphatic heterocycles. The zero-order valence-electron chi connectivity index (χ0n) is 11.9. The molecule has 6 nitrogen and oxygen atoms in total. The molecule has 0 aromatic carbocycles. The summed E-state index contributed by atoms with van der Waals surface area (Å²) < 4.78 is 6.68. The Morgan fingerprint density at radius 1 is 1.40 bits per heavy atom. The Morgan fingerprint density at radius 2 is 2.20 bits per heavy atom. The lowest BCUT2D eigenvalue weighted by Gasteiger charge is -2.11. The Kier molecular flexibility index (Phi) is 4.34. The van der Waals surface area contributed by atoms with Gasteiger partial charge in [-0.2, -0.15) is 0 Å². The molecule has 6 heteroatoms. The summed E-state index contributed by atoms with van der Waals surface area (Å²) in [6.45, 7) is 4.97. The summed E-state index contributed by atoms with van der Waals surface area (Å²) in [4.78, 5) is 20.5. The third-order valence-electron chi connectivity index (χ3n) is 2.81. The lowest BCUT2D eigenvalue weighted by atomic mass is 10.2. The first-order valence-electron chi connectivity index (χ1n) is 6.45. The van der Waals surface area contributed by atoms with Crippen molar-refractivity contribution < 1.29 is 4.74 Å². The van der Waals surface area contributed by atoms with Gasteiger partial charge in [-0.25, -0.2) is 9.97 Å². The number of aromatic nitrogens is 3. The third-order valence-corrected chi connectivity index (χ3v) is 2.81. The van der Waals surface area contributed by atoms with Gasteiger partial charge in [0.05, 0.1) is 13.7 Å². The van der Waals surface area contributed by atoms with Crippen LogP contribution in [0.15, 0.2) is 29.2 Å². The number of aryl methyl sites for hydroxylation is 1. The van der Waals surface area contributed by atoms with Crippen molar-refractivity contribution in [1.82, 2.24) is 14.5 Å². The van der Waals surface area contributed by atoms with Crippen LogP contribution in [-0.4, -0.2) is 28.2 Å². The van der Waals surface area contributed by atoms with Crippen molar-refractivity contribution in [2.45, 2.75) is 20.4 Å². The maximum atomic E-state index is 12.0. The van der Waals surface area contributed by atoms with Crippen molar-refractivity contribution in [2.75, 3.05) is 19.0 Å². The third kappa shape index (κ3) is 3.14. The second kappa shape index (κ2) is 6.18. The molecule has 0 saturated carbocycles. The first kappa shape index (κ1) is 14.0. The van der Waals surface area contributed by atoms with E-state index >= 15 is 0 Å². The number of nitrogens with zero attached hydrogens (tertiary/aromatic N) is 3. The summed E-state index contributed by atoms with van der Waals surface area (Å²) in [5.41, 5.74) is 1.48. The van der Waals surface area contributed by atoms with Gasteiger partial charge in [-0.3, -0.25) is 9.36 Å². The summed E-state index contributed by atoms with van der Waals surface area (Å²) in [6.07, 6.45) is 1.71. The summed E-state index contributed by atoms with van der Waals surface area (Å²) in [7, 11) is 1.51. The number of rotatable bonds is 5. The number of hydrogen-bond donors (Lipinski definition) is 1. The predicted octanol–water partition coefficient (Wildman–Crippen LogP) is 1.44. The van der Waals surface area contributed by atoms with Crippen LogP contribution in [0.5, 0.6) is 6.01 Å². The van der Waals surface area contributed by atoms with Gasteiger partial charge in [0.25, 0.3) is 11.6 Å². The Bertz CT molecular complexity index is 652. The highest BCUT2D eigenvalue weighted by atomic mass is 16.5. The zero-order valence-corrected chi connectivity index (χ0v) is 11.9. The molecule has 2 heterocycles. The fraction of sp³-hybridized carbons (Fsp3) is 0.357. The Hall–Kier alpha value is -2.37. The van der Waals surface area contributed by atoms with Crippen LogP contribution in [0.4, 0.5) is 5.82 Å². The molecule has 0 radical (unpaired) electrons. The maximum absolute atomic E-state index is 12.0. The Labute approximate surface area is 117 Å². The molecule has 0 saturated heterocycles. The largest absolute Gasteiger partial charge is 0.468 e. The Balaban J connectivity index is 2.34. The van der Waals surface area contributed by atoms with Crippen molar-refractivity contribution in [3.05, 3.63) is 46.0 Å². The molecule has 20 heavy (non-hydrogen) atoms. The van der Waals surface area contributed by atoms with Crippen LogP contribution < -0.4 is 15.6 Å². The van der Waals surface area contributed by atoms with Crippen molar-refractivity contribution in [2.24, 2.45) is 0 Å². The van der Waals surface area contributed by atoms with Gasteiger partial charge in [0.1, 0.15) is 5.82 Å². The van der Waals surface area contributed by atoms with Crippen molar-refractivity contribution in [3.8, 4) is 6.01 Å². The van der Waals surface area contributed by atoms with Crippen molar-refractivity contribution in [3.63, 3.8) is 0 Å². The summed E-state index contributed by atoms with van der Waals surface area (Å²) >= 11 is 0. The van der Waals surface area contributed by atoms with Crippen LogP contribution in [-0.2, 0) is 6.54 Å².